The summed E-state index contributed by atoms with van der Waals surface area (Å²) in [6.07, 6.45) is 2.20. The van der Waals surface area contributed by atoms with Crippen LogP contribution in [0.2, 0.25) is 0 Å². The fraction of sp³-hybridized carbons (Fsp3) is 0.556. The number of aryl methyl sites for hydroxylation is 1. The number of carbonyl (C=O) groups is 1. The van der Waals surface area contributed by atoms with Crippen molar-refractivity contribution in [2.24, 2.45) is 0 Å². The van der Waals surface area contributed by atoms with Gasteiger partial charge in [-0.05, 0) is 37.3 Å². The van der Waals surface area contributed by atoms with Crippen LogP contribution < -0.4 is 19.8 Å². The zero-order valence-corrected chi connectivity index (χ0v) is 24.1. The number of aliphatic hydroxyl groups excluding tert-OH is 1. The van der Waals surface area contributed by atoms with E-state index in [9.17, 15) is 4.79 Å². The number of benzene rings is 1. The van der Waals surface area contributed by atoms with E-state index in [0.29, 0.717) is 41.6 Å². The molecule has 210 valence electrons. The van der Waals surface area contributed by atoms with Crippen LogP contribution in [-0.4, -0.2) is 56.7 Å². The predicted octanol–water partition coefficient (Wildman–Crippen LogP) is 4.26. The van der Waals surface area contributed by atoms with Gasteiger partial charge in [0.2, 0.25) is 11.5 Å². The molecule has 1 aromatic carbocycles. The van der Waals surface area contributed by atoms with Gasteiger partial charge in [0, 0.05) is 35.8 Å². The zero-order valence-electron chi connectivity index (χ0n) is 23.3. The van der Waals surface area contributed by atoms with Gasteiger partial charge < -0.3 is 19.3 Å². The molecule has 0 saturated heterocycles. The van der Waals surface area contributed by atoms with Crippen LogP contribution in [0, 0.1) is 12.3 Å². The van der Waals surface area contributed by atoms with Crippen LogP contribution >= 0.6 is 12.4 Å². The normalized spacial score (nSPS) is 11.5. The number of ether oxygens (including phenoxy) is 3. The molecule has 0 spiro atoms. The standard InChI is InChI=1S/C27H39N5O5.ClH/c1-8-19(9-2)37-23-13-17(3)25-30-31(26(28)32(25)29-23)16-21(34)18-14-20(27(4,5)6)24(35-7)22(15-18)36-12-10-11-33;/h13-15,19,28,33H,8-12,16H2,1-7H3;1H. The first-order chi connectivity index (χ1) is 17.5. The molecule has 3 aromatic rings. The molecule has 3 rings (SSSR count). The third-order valence-electron chi connectivity index (χ3n) is 6.19. The van der Waals surface area contributed by atoms with Crippen LogP contribution in [0.1, 0.15) is 75.4 Å². The van der Waals surface area contributed by atoms with Crippen molar-refractivity contribution in [3.05, 3.63) is 40.5 Å². The largest absolute Gasteiger partial charge is 0.493 e. The van der Waals surface area contributed by atoms with E-state index < -0.39 is 0 Å². The minimum absolute atomic E-state index is 0. The number of aromatic nitrogens is 4. The van der Waals surface area contributed by atoms with E-state index in [2.05, 4.69) is 24.0 Å². The van der Waals surface area contributed by atoms with Crippen molar-refractivity contribution in [2.45, 2.75) is 78.9 Å². The maximum atomic E-state index is 13.4. The van der Waals surface area contributed by atoms with Crippen LogP contribution in [0.15, 0.2) is 18.2 Å². The second kappa shape index (κ2) is 13.1. The molecule has 0 atom stereocenters. The summed E-state index contributed by atoms with van der Waals surface area (Å²) < 4.78 is 20.2. The number of methoxy groups -OCH3 is 1. The van der Waals surface area contributed by atoms with Crippen molar-refractivity contribution in [1.29, 1.82) is 5.41 Å². The Balaban J connectivity index is 0.00000507. The van der Waals surface area contributed by atoms with E-state index in [1.165, 1.54) is 9.20 Å². The van der Waals surface area contributed by atoms with Crippen molar-refractivity contribution < 1.29 is 24.1 Å². The zero-order chi connectivity index (χ0) is 27.3. The Hall–Kier alpha value is -3.11. The number of nitrogens with one attached hydrogen (secondary N) is 1. The molecule has 0 aliphatic rings. The first-order valence-corrected chi connectivity index (χ1v) is 12.7. The molecular formula is C27H40ClN5O5. The van der Waals surface area contributed by atoms with Crippen LogP contribution in [0.25, 0.3) is 5.65 Å². The van der Waals surface area contributed by atoms with Crippen LogP contribution in [0.3, 0.4) is 0 Å². The Morgan fingerprint density at radius 3 is 2.42 bits per heavy atom. The quantitative estimate of drug-likeness (QED) is 0.255. The SMILES string of the molecule is CCC(CC)Oc1cc(C)c2nn(CC(=O)c3cc(OCCCO)c(OC)c(C(C)(C)C)c3)c(=N)n2n1.Cl. The molecule has 11 heteroatoms. The van der Waals surface area contributed by atoms with Crippen molar-refractivity contribution in [1.82, 2.24) is 19.4 Å². The van der Waals surface area contributed by atoms with Crippen LogP contribution in [-0.2, 0) is 12.0 Å². The van der Waals surface area contributed by atoms with Gasteiger partial charge in [0.15, 0.2) is 22.9 Å². The van der Waals surface area contributed by atoms with E-state index in [-0.39, 0.29) is 48.5 Å². The number of nitrogens with zero attached hydrogens (tertiary/aromatic N) is 4. The molecule has 0 amide bonds. The van der Waals surface area contributed by atoms with Gasteiger partial charge in [-0.2, -0.15) is 4.52 Å². The molecule has 0 aliphatic heterocycles. The summed E-state index contributed by atoms with van der Waals surface area (Å²) in [5.41, 5.74) is 2.20. The second-order valence-electron chi connectivity index (χ2n) is 10.1. The van der Waals surface area contributed by atoms with Crippen LogP contribution in [0.5, 0.6) is 17.4 Å². The molecular weight excluding hydrogens is 510 g/mol. The number of aliphatic hydroxyl groups is 1. The second-order valence-corrected chi connectivity index (χ2v) is 10.1. The maximum absolute atomic E-state index is 13.4. The molecule has 2 aromatic heterocycles. The van der Waals surface area contributed by atoms with Gasteiger partial charge in [0.05, 0.1) is 19.8 Å². The molecule has 0 radical (unpaired) electrons. The minimum atomic E-state index is -0.320. The fourth-order valence-corrected chi connectivity index (χ4v) is 4.04. The van der Waals surface area contributed by atoms with E-state index in [1.54, 1.807) is 19.2 Å². The van der Waals surface area contributed by atoms with Crippen molar-refractivity contribution in [3.8, 4) is 17.4 Å². The van der Waals surface area contributed by atoms with Crippen molar-refractivity contribution in [3.63, 3.8) is 0 Å². The van der Waals surface area contributed by atoms with Crippen molar-refractivity contribution >= 4 is 23.8 Å². The Kier molecular flexibility index (Phi) is 10.7. The highest BCUT2D eigenvalue weighted by Gasteiger charge is 2.25. The topological polar surface area (TPSA) is 124 Å². The summed E-state index contributed by atoms with van der Waals surface area (Å²) in [7, 11) is 1.57. The summed E-state index contributed by atoms with van der Waals surface area (Å²) >= 11 is 0. The Bertz CT molecular complexity index is 1310. The number of fused-ring (bicyclic) bond motifs is 1. The van der Waals surface area contributed by atoms with Gasteiger partial charge in [-0.1, -0.05) is 34.6 Å². The van der Waals surface area contributed by atoms with Gasteiger partial charge >= 0.3 is 0 Å². The summed E-state index contributed by atoms with van der Waals surface area (Å²) in [4.78, 5) is 13.4. The van der Waals surface area contributed by atoms with Crippen LogP contribution in [0.4, 0.5) is 0 Å². The number of Topliss-reactive ketones (excluding diaryl/α,β-unsaturated/α-hetero) is 1. The lowest BCUT2D eigenvalue weighted by Crippen LogP contribution is -2.27. The lowest BCUT2D eigenvalue weighted by atomic mass is 9.84. The minimum Gasteiger partial charge on any atom is -0.493 e. The average Bonchev–Trinajstić information content (AvgIpc) is 3.17. The van der Waals surface area contributed by atoms with E-state index in [1.807, 2.05) is 33.8 Å². The molecule has 38 heavy (non-hydrogen) atoms. The lowest BCUT2D eigenvalue weighted by Gasteiger charge is -2.25. The van der Waals surface area contributed by atoms with Gasteiger partial charge in [0.25, 0.3) is 0 Å². The van der Waals surface area contributed by atoms with E-state index >= 15 is 0 Å². The van der Waals surface area contributed by atoms with Gasteiger partial charge in [-0.3, -0.25) is 10.2 Å². The average molecular weight is 550 g/mol. The maximum Gasteiger partial charge on any atom is 0.242 e. The fourth-order valence-electron chi connectivity index (χ4n) is 4.04. The monoisotopic (exact) mass is 549 g/mol. The van der Waals surface area contributed by atoms with Gasteiger partial charge in [0.1, 0.15) is 6.54 Å². The molecule has 0 saturated carbocycles. The lowest BCUT2D eigenvalue weighted by molar-refractivity contribution is 0.0964. The molecule has 2 heterocycles. The predicted molar refractivity (Wildman–Crippen MR) is 147 cm³/mol. The molecule has 10 nitrogen and oxygen atoms in total. The first-order valence-electron chi connectivity index (χ1n) is 12.7. The number of halogens is 1. The summed E-state index contributed by atoms with van der Waals surface area (Å²) in [5.74, 6) is 1.21. The number of hydrogen-bond donors (Lipinski definition) is 2. The smallest absolute Gasteiger partial charge is 0.242 e. The number of rotatable bonds is 12. The summed E-state index contributed by atoms with van der Waals surface area (Å²) in [6.45, 7) is 12.2. The van der Waals surface area contributed by atoms with E-state index in [4.69, 9.17) is 24.7 Å². The van der Waals surface area contributed by atoms with E-state index in [0.717, 1.165) is 24.0 Å². The van der Waals surface area contributed by atoms with Gasteiger partial charge in [-0.25, -0.2) is 4.68 Å². The highest BCUT2D eigenvalue weighted by atomic mass is 35.5. The number of hydrogen-bond acceptors (Lipinski definition) is 8. The third kappa shape index (κ3) is 6.85. The summed E-state index contributed by atoms with van der Waals surface area (Å²) in [6, 6.07) is 5.27. The highest BCUT2D eigenvalue weighted by molar-refractivity contribution is 5.97. The molecule has 0 unspecified atom stereocenters. The molecule has 0 bridgehead atoms. The van der Waals surface area contributed by atoms with Gasteiger partial charge in [-0.15, -0.1) is 22.6 Å². The third-order valence-corrected chi connectivity index (χ3v) is 6.19. The first kappa shape index (κ1) is 31.1. The summed E-state index contributed by atoms with van der Waals surface area (Å²) in [5, 5.41) is 26.7. The Morgan fingerprint density at radius 1 is 1.16 bits per heavy atom. The molecule has 2 N–H and O–H groups in total. The Morgan fingerprint density at radius 2 is 1.84 bits per heavy atom. The highest BCUT2D eigenvalue weighted by Crippen LogP contribution is 2.40. The van der Waals surface area contributed by atoms with Crippen molar-refractivity contribution in [2.75, 3.05) is 20.3 Å². The molecule has 0 aliphatic carbocycles. The number of carbonyl (C=O) groups excluding carboxylic acids is 1. The molecule has 0 fully saturated rings. The number of ketones is 1. The Labute approximate surface area is 229 Å².